The number of nitrogens with one attached hydrogen (secondary N) is 1. The van der Waals surface area contributed by atoms with Gasteiger partial charge >= 0.3 is 0 Å². The highest BCUT2D eigenvalue weighted by Crippen LogP contribution is 2.34. The van der Waals surface area contributed by atoms with Crippen molar-refractivity contribution in [3.8, 4) is 0 Å². The van der Waals surface area contributed by atoms with Crippen molar-refractivity contribution in [1.29, 1.82) is 0 Å². The maximum absolute atomic E-state index is 12.1. The van der Waals surface area contributed by atoms with E-state index >= 15 is 0 Å². The molecule has 0 bridgehead atoms. The third kappa shape index (κ3) is 3.58. The molecular weight excluding hydrogens is 284 g/mol. The Morgan fingerprint density at radius 3 is 2.24 bits per heavy atom. The fourth-order valence-corrected chi connectivity index (χ4v) is 3.41. The zero-order valence-electron chi connectivity index (χ0n) is 12.4. The van der Waals surface area contributed by atoms with Crippen molar-refractivity contribution in [2.24, 2.45) is 5.73 Å². The first-order valence-electron chi connectivity index (χ1n) is 7.82. The van der Waals surface area contributed by atoms with Crippen molar-refractivity contribution < 1.29 is 4.79 Å². The van der Waals surface area contributed by atoms with E-state index in [1.807, 2.05) is 0 Å². The van der Waals surface area contributed by atoms with Crippen LogP contribution >= 0.6 is 12.4 Å². The smallest absolute Gasteiger partial charge is 0.240 e. The van der Waals surface area contributed by atoms with Gasteiger partial charge in [0, 0.05) is 6.04 Å². The van der Waals surface area contributed by atoms with Crippen LogP contribution in [0.25, 0.3) is 0 Å². The molecule has 0 saturated heterocycles. The van der Waals surface area contributed by atoms with Crippen LogP contribution in [0, 0.1) is 0 Å². The number of carbonyl (C=O) groups excluding carboxylic acids is 1. The molecule has 2 aliphatic carbocycles. The molecule has 3 rings (SSSR count). The lowest BCUT2D eigenvalue weighted by Gasteiger charge is -2.38. The Morgan fingerprint density at radius 1 is 1.10 bits per heavy atom. The van der Waals surface area contributed by atoms with Crippen LogP contribution in [-0.4, -0.2) is 17.5 Å². The molecule has 2 saturated carbocycles. The van der Waals surface area contributed by atoms with Crippen molar-refractivity contribution in [2.45, 2.75) is 62.4 Å². The standard InChI is InChI=1S/C17H24N2O.ClH/c18-17(11-4-12-17)16(20)19-15-9-7-14(8-10-15)13-5-2-1-3-6-13;/h1-3,5-6,14-15H,4,7-12,18H2,(H,19,20);1H. The monoisotopic (exact) mass is 308 g/mol. The molecule has 3 N–H and O–H groups in total. The van der Waals surface area contributed by atoms with Crippen molar-refractivity contribution >= 4 is 18.3 Å². The van der Waals surface area contributed by atoms with Gasteiger partial charge in [0.2, 0.25) is 5.91 Å². The predicted octanol–water partition coefficient (Wildman–Crippen LogP) is 3.13. The molecule has 0 spiro atoms. The van der Waals surface area contributed by atoms with Gasteiger partial charge in [-0.3, -0.25) is 4.79 Å². The summed E-state index contributed by atoms with van der Waals surface area (Å²) in [5, 5.41) is 3.17. The van der Waals surface area contributed by atoms with Gasteiger partial charge in [-0.1, -0.05) is 30.3 Å². The minimum Gasteiger partial charge on any atom is -0.352 e. The summed E-state index contributed by atoms with van der Waals surface area (Å²) in [5.74, 6) is 0.729. The Bertz CT molecular complexity index is 465. The molecule has 4 heteroatoms. The van der Waals surface area contributed by atoms with E-state index in [9.17, 15) is 4.79 Å². The summed E-state index contributed by atoms with van der Waals surface area (Å²) in [6.45, 7) is 0. The lowest BCUT2D eigenvalue weighted by Crippen LogP contribution is -2.60. The van der Waals surface area contributed by atoms with Crippen LogP contribution in [-0.2, 0) is 4.79 Å². The normalized spacial score (nSPS) is 27.1. The fourth-order valence-electron chi connectivity index (χ4n) is 3.41. The van der Waals surface area contributed by atoms with E-state index in [0.29, 0.717) is 12.0 Å². The molecule has 1 amide bonds. The number of rotatable bonds is 3. The molecule has 1 aromatic carbocycles. The van der Waals surface area contributed by atoms with E-state index in [-0.39, 0.29) is 18.3 Å². The van der Waals surface area contributed by atoms with E-state index in [2.05, 4.69) is 35.6 Å². The average molecular weight is 309 g/mol. The summed E-state index contributed by atoms with van der Waals surface area (Å²) < 4.78 is 0. The number of hydrogen-bond donors (Lipinski definition) is 2. The maximum atomic E-state index is 12.1. The van der Waals surface area contributed by atoms with E-state index in [1.165, 1.54) is 5.56 Å². The van der Waals surface area contributed by atoms with Gasteiger partial charge in [-0.25, -0.2) is 0 Å². The van der Waals surface area contributed by atoms with Crippen LogP contribution in [0.4, 0.5) is 0 Å². The van der Waals surface area contributed by atoms with Gasteiger partial charge in [0.05, 0.1) is 5.54 Å². The second kappa shape index (κ2) is 6.80. The van der Waals surface area contributed by atoms with Gasteiger partial charge in [0.1, 0.15) is 0 Å². The lowest BCUT2D eigenvalue weighted by molar-refractivity contribution is -0.130. The van der Waals surface area contributed by atoms with E-state index in [0.717, 1.165) is 44.9 Å². The number of nitrogens with two attached hydrogens (primary N) is 1. The average Bonchev–Trinajstić information content (AvgIpc) is 2.46. The topological polar surface area (TPSA) is 55.1 Å². The highest BCUT2D eigenvalue weighted by atomic mass is 35.5. The molecule has 0 heterocycles. The van der Waals surface area contributed by atoms with Crippen LogP contribution in [0.15, 0.2) is 30.3 Å². The molecule has 0 aromatic heterocycles. The molecular formula is C17H25ClN2O. The second-order valence-electron chi connectivity index (χ2n) is 6.44. The van der Waals surface area contributed by atoms with E-state index in [4.69, 9.17) is 5.73 Å². The molecule has 0 unspecified atom stereocenters. The molecule has 2 aliphatic rings. The van der Waals surface area contributed by atoms with Crippen LogP contribution in [0.2, 0.25) is 0 Å². The zero-order valence-corrected chi connectivity index (χ0v) is 13.2. The molecule has 1 aromatic rings. The van der Waals surface area contributed by atoms with Crippen molar-refractivity contribution in [2.75, 3.05) is 0 Å². The van der Waals surface area contributed by atoms with Crippen LogP contribution in [0.5, 0.6) is 0 Å². The Labute approximate surface area is 133 Å². The zero-order chi connectivity index (χ0) is 14.0. The third-order valence-corrected chi connectivity index (χ3v) is 5.03. The SMILES string of the molecule is Cl.NC1(C(=O)NC2CCC(c3ccccc3)CC2)CCC1. The molecule has 116 valence electrons. The maximum Gasteiger partial charge on any atom is 0.240 e. The first-order chi connectivity index (χ1) is 9.67. The fraction of sp³-hybridized carbons (Fsp3) is 0.588. The van der Waals surface area contributed by atoms with Gasteiger partial charge in [-0.15, -0.1) is 12.4 Å². The summed E-state index contributed by atoms with van der Waals surface area (Å²) in [4.78, 5) is 12.1. The number of carbonyl (C=O) groups is 1. The van der Waals surface area contributed by atoms with Crippen LogP contribution in [0.1, 0.15) is 56.4 Å². The van der Waals surface area contributed by atoms with E-state index in [1.54, 1.807) is 0 Å². The van der Waals surface area contributed by atoms with Crippen molar-refractivity contribution in [3.05, 3.63) is 35.9 Å². The summed E-state index contributed by atoms with van der Waals surface area (Å²) in [5.41, 5.74) is 6.95. The van der Waals surface area contributed by atoms with Crippen LogP contribution in [0.3, 0.4) is 0 Å². The number of halogens is 1. The quantitative estimate of drug-likeness (QED) is 0.901. The minimum atomic E-state index is -0.559. The highest BCUT2D eigenvalue weighted by molar-refractivity contribution is 5.87. The highest BCUT2D eigenvalue weighted by Gasteiger charge is 2.41. The van der Waals surface area contributed by atoms with E-state index < -0.39 is 5.54 Å². The Balaban J connectivity index is 0.00000161. The van der Waals surface area contributed by atoms with Gasteiger partial charge in [-0.2, -0.15) is 0 Å². The lowest BCUT2D eigenvalue weighted by atomic mass is 9.76. The molecule has 0 aliphatic heterocycles. The van der Waals surface area contributed by atoms with Crippen LogP contribution < -0.4 is 11.1 Å². The second-order valence-corrected chi connectivity index (χ2v) is 6.44. The molecule has 0 radical (unpaired) electrons. The predicted molar refractivity (Wildman–Crippen MR) is 87.6 cm³/mol. The Kier molecular flexibility index (Phi) is 5.28. The number of hydrogen-bond acceptors (Lipinski definition) is 2. The Morgan fingerprint density at radius 2 is 1.71 bits per heavy atom. The third-order valence-electron chi connectivity index (χ3n) is 5.03. The van der Waals surface area contributed by atoms with Gasteiger partial charge in [0.25, 0.3) is 0 Å². The molecule has 3 nitrogen and oxygen atoms in total. The largest absolute Gasteiger partial charge is 0.352 e. The first-order valence-corrected chi connectivity index (χ1v) is 7.82. The molecule has 21 heavy (non-hydrogen) atoms. The van der Waals surface area contributed by atoms with Crippen molar-refractivity contribution in [3.63, 3.8) is 0 Å². The molecule has 0 atom stereocenters. The summed E-state index contributed by atoms with van der Waals surface area (Å²) >= 11 is 0. The Hall–Kier alpha value is -1.06. The molecule has 2 fully saturated rings. The number of benzene rings is 1. The minimum absolute atomic E-state index is 0. The van der Waals surface area contributed by atoms with Gasteiger partial charge in [0.15, 0.2) is 0 Å². The van der Waals surface area contributed by atoms with Gasteiger partial charge in [-0.05, 0) is 56.4 Å². The number of amides is 1. The van der Waals surface area contributed by atoms with Gasteiger partial charge < -0.3 is 11.1 Å². The first kappa shape index (κ1) is 16.3. The summed E-state index contributed by atoms with van der Waals surface area (Å²) in [7, 11) is 0. The van der Waals surface area contributed by atoms with Crippen molar-refractivity contribution in [1.82, 2.24) is 5.32 Å². The summed E-state index contributed by atoms with van der Waals surface area (Å²) in [6.07, 6.45) is 7.24. The summed E-state index contributed by atoms with van der Waals surface area (Å²) in [6, 6.07) is 11.0.